The fourth-order valence-electron chi connectivity index (χ4n) is 4.86. The lowest BCUT2D eigenvalue weighted by molar-refractivity contribution is -0.128. The molecule has 0 aromatic heterocycles. The third-order valence-electron chi connectivity index (χ3n) is 6.82. The molecular formula is C30H39FN4O4. The molecule has 0 bridgehead atoms. The third kappa shape index (κ3) is 7.28. The molecule has 4 rings (SSSR count). The molecule has 0 radical (unpaired) electrons. The Kier molecular flexibility index (Phi) is 8.47. The van der Waals surface area contributed by atoms with E-state index in [0.29, 0.717) is 12.5 Å². The molecule has 2 aliphatic rings. The molecule has 39 heavy (non-hydrogen) atoms. The van der Waals surface area contributed by atoms with Crippen molar-refractivity contribution in [3.63, 3.8) is 0 Å². The summed E-state index contributed by atoms with van der Waals surface area (Å²) in [6, 6.07) is 11.7. The van der Waals surface area contributed by atoms with Crippen LogP contribution >= 0.6 is 0 Å². The number of benzene rings is 2. The SMILES string of the molecule is CC(C)N1C(=O)C(NC(=O)C(Cc2ccccc2F)NC(=O)OC(C)(C)C)CN(CC2CC2)c2ccccc21. The van der Waals surface area contributed by atoms with E-state index in [4.69, 9.17) is 4.74 Å². The van der Waals surface area contributed by atoms with Gasteiger partial charge in [-0.15, -0.1) is 0 Å². The van der Waals surface area contributed by atoms with Gasteiger partial charge in [0.15, 0.2) is 0 Å². The van der Waals surface area contributed by atoms with Crippen LogP contribution in [0.2, 0.25) is 0 Å². The Labute approximate surface area is 229 Å². The van der Waals surface area contributed by atoms with Crippen LogP contribution < -0.4 is 20.4 Å². The first-order valence-electron chi connectivity index (χ1n) is 13.6. The van der Waals surface area contributed by atoms with E-state index in [9.17, 15) is 18.8 Å². The molecule has 1 aliphatic carbocycles. The van der Waals surface area contributed by atoms with Gasteiger partial charge in [0.05, 0.1) is 11.4 Å². The number of nitrogens with zero attached hydrogens (tertiary/aromatic N) is 2. The summed E-state index contributed by atoms with van der Waals surface area (Å²) in [5.41, 5.74) is 1.25. The molecule has 0 spiro atoms. The molecule has 3 amide bonds. The first kappa shape index (κ1) is 28.4. The van der Waals surface area contributed by atoms with Crippen molar-refractivity contribution in [3.8, 4) is 0 Å². The molecule has 2 unspecified atom stereocenters. The molecule has 0 saturated heterocycles. The zero-order valence-electron chi connectivity index (χ0n) is 23.4. The Balaban J connectivity index is 1.61. The van der Waals surface area contributed by atoms with Gasteiger partial charge in [-0.25, -0.2) is 9.18 Å². The molecule has 2 aromatic carbocycles. The number of halogens is 1. The highest BCUT2D eigenvalue weighted by molar-refractivity contribution is 6.04. The predicted octanol–water partition coefficient (Wildman–Crippen LogP) is 4.42. The second-order valence-corrected chi connectivity index (χ2v) is 11.7. The number of carbonyl (C=O) groups is 3. The average Bonchev–Trinajstić information content (AvgIpc) is 3.67. The van der Waals surface area contributed by atoms with Gasteiger partial charge in [-0.1, -0.05) is 30.3 Å². The predicted molar refractivity (Wildman–Crippen MR) is 149 cm³/mol. The Hall–Kier alpha value is -3.62. The Morgan fingerprint density at radius 2 is 1.69 bits per heavy atom. The first-order chi connectivity index (χ1) is 18.4. The maximum absolute atomic E-state index is 14.5. The largest absolute Gasteiger partial charge is 0.444 e. The van der Waals surface area contributed by atoms with Gasteiger partial charge < -0.3 is 25.2 Å². The molecule has 2 N–H and O–H groups in total. The Morgan fingerprint density at radius 3 is 2.31 bits per heavy atom. The van der Waals surface area contributed by atoms with E-state index in [-0.39, 0.29) is 23.9 Å². The van der Waals surface area contributed by atoms with E-state index < -0.39 is 35.5 Å². The van der Waals surface area contributed by atoms with Crippen LogP contribution in [0, 0.1) is 11.7 Å². The molecule has 2 atom stereocenters. The van der Waals surface area contributed by atoms with Gasteiger partial charge in [-0.3, -0.25) is 9.59 Å². The van der Waals surface area contributed by atoms with E-state index in [1.165, 1.54) is 6.07 Å². The summed E-state index contributed by atoms with van der Waals surface area (Å²) in [5.74, 6) is -0.740. The molecule has 1 saturated carbocycles. The van der Waals surface area contributed by atoms with Crippen molar-refractivity contribution in [2.75, 3.05) is 22.9 Å². The topological polar surface area (TPSA) is 91.0 Å². The zero-order valence-corrected chi connectivity index (χ0v) is 23.4. The molecule has 1 aliphatic heterocycles. The summed E-state index contributed by atoms with van der Waals surface area (Å²) in [6.45, 7) is 10.1. The second-order valence-electron chi connectivity index (χ2n) is 11.7. The number of para-hydroxylation sites is 2. The summed E-state index contributed by atoms with van der Waals surface area (Å²) in [6.07, 6.45) is 1.39. The van der Waals surface area contributed by atoms with E-state index in [0.717, 1.165) is 30.8 Å². The lowest BCUT2D eigenvalue weighted by Crippen LogP contribution is -2.58. The fraction of sp³-hybridized carbons (Fsp3) is 0.500. The molecule has 1 fully saturated rings. The molecule has 8 nitrogen and oxygen atoms in total. The summed E-state index contributed by atoms with van der Waals surface area (Å²) in [5, 5.41) is 5.49. The monoisotopic (exact) mass is 538 g/mol. The van der Waals surface area contributed by atoms with Crippen molar-refractivity contribution in [1.82, 2.24) is 10.6 Å². The highest BCUT2D eigenvalue weighted by atomic mass is 19.1. The molecular weight excluding hydrogens is 499 g/mol. The number of nitrogens with one attached hydrogen (secondary N) is 2. The van der Waals surface area contributed by atoms with Gasteiger partial charge in [0.25, 0.3) is 5.91 Å². The van der Waals surface area contributed by atoms with E-state index in [1.807, 2.05) is 38.1 Å². The van der Waals surface area contributed by atoms with Crippen molar-refractivity contribution in [1.29, 1.82) is 0 Å². The first-order valence-corrected chi connectivity index (χ1v) is 13.6. The number of fused-ring (bicyclic) bond motifs is 1. The van der Waals surface area contributed by atoms with Crippen molar-refractivity contribution in [2.24, 2.45) is 5.92 Å². The number of anilines is 2. The Morgan fingerprint density at radius 1 is 1.05 bits per heavy atom. The fourth-order valence-corrected chi connectivity index (χ4v) is 4.86. The number of alkyl carbamates (subject to hydrolysis) is 1. The van der Waals surface area contributed by atoms with Crippen LogP contribution in [-0.4, -0.2) is 54.7 Å². The van der Waals surface area contributed by atoms with Gasteiger partial charge >= 0.3 is 6.09 Å². The molecule has 9 heteroatoms. The quantitative estimate of drug-likeness (QED) is 0.519. The van der Waals surface area contributed by atoms with Crippen LogP contribution in [0.1, 0.15) is 53.0 Å². The average molecular weight is 539 g/mol. The van der Waals surface area contributed by atoms with Crippen molar-refractivity contribution < 1.29 is 23.5 Å². The molecule has 1 heterocycles. The normalized spacial score (nSPS) is 18.3. The van der Waals surface area contributed by atoms with Gasteiger partial charge in [0, 0.05) is 25.6 Å². The number of amides is 3. The third-order valence-corrected chi connectivity index (χ3v) is 6.82. The number of rotatable bonds is 8. The summed E-state index contributed by atoms with van der Waals surface area (Å²) < 4.78 is 19.9. The molecule has 210 valence electrons. The van der Waals surface area contributed by atoms with E-state index in [1.54, 1.807) is 43.9 Å². The number of carbonyl (C=O) groups excluding carboxylic acids is 3. The van der Waals surface area contributed by atoms with Gasteiger partial charge in [-0.2, -0.15) is 0 Å². The number of hydrogen-bond donors (Lipinski definition) is 2. The molecule has 2 aromatic rings. The standard InChI is InChI=1S/C30H39FN4O4/c1-19(2)35-26-13-9-8-12-25(26)34(17-20-14-15-20)18-24(28(35)37)32-27(36)23(33-29(38)39-30(3,4)5)16-21-10-6-7-11-22(21)31/h6-13,19-20,23-24H,14-18H2,1-5H3,(H,32,36)(H,33,38). The van der Waals surface area contributed by atoms with Crippen LogP contribution in [-0.2, 0) is 20.7 Å². The second kappa shape index (κ2) is 11.6. The highest BCUT2D eigenvalue weighted by Gasteiger charge is 2.38. The maximum atomic E-state index is 14.5. The van der Waals surface area contributed by atoms with Crippen molar-refractivity contribution in [3.05, 3.63) is 59.9 Å². The minimum absolute atomic E-state index is 0.0986. The highest BCUT2D eigenvalue weighted by Crippen LogP contribution is 2.38. The lowest BCUT2D eigenvalue weighted by Gasteiger charge is -2.30. The number of ether oxygens (including phenoxy) is 1. The van der Waals surface area contributed by atoms with Crippen LogP contribution in [0.25, 0.3) is 0 Å². The van der Waals surface area contributed by atoms with Crippen LogP contribution in [0.15, 0.2) is 48.5 Å². The van der Waals surface area contributed by atoms with Gasteiger partial charge in [0.1, 0.15) is 23.5 Å². The minimum atomic E-state index is -1.15. The van der Waals surface area contributed by atoms with E-state index >= 15 is 0 Å². The summed E-state index contributed by atoms with van der Waals surface area (Å²) in [4.78, 5) is 44.1. The lowest BCUT2D eigenvalue weighted by atomic mass is 10.0. The zero-order chi connectivity index (χ0) is 28.3. The van der Waals surface area contributed by atoms with Crippen LogP contribution in [0.3, 0.4) is 0 Å². The summed E-state index contributed by atoms with van der Waals surface area (Å²) in [7, 11) is 0. The minimum Gasteiger partial charge on any atom is -0.444 e. The van der Waals surface area contributed by atoms with Crippen molar-refractivity contribution >= 4 is 29.3 Å². The number of hydrogen-bond acceptors (Lipinski definition) is 5. The van der Waals surface area contributed by atoms with Gasteiger partial charge in [-0.05, 0) is 77.1 Å². The summed E-state index contributed by atoms with van der Waals surface area (Å²) >= 11 is 0. The Bertz CT molecular complexity index is 1210. The van der Waals surface area contributed by atoms with E-state index in [2.05, 4.69) is 15.5 Å². The maximum Gasteiger partial charge on any atom is 0.408 e. The van der Waals surface area contributed by atoms with Crippen LogP contribution in [0.5, 0.6) is 0 Å². The smallest absolute Gasteiger partial charge is 0.408 e. The van der Waals surface area contributed by atoms with Crippen molar-refractivity contribution in [2.45, 2.75) is 77.6 Å². The van der Waals surface area contributed by atoms with Crippen LogP contribution in [0.4, 0.5) is 20.6 Å². The van der Waals surface area contributed by atoms with Gasteiger partial charge in [0.2, 0.25) is 5.91 Å².